The van der Waals surface area contributed by atoms with Gasteiger partial charge < -0.3 is 14.8 Å². The van der Waals surface area contributed by atoms with Crippen molar-refractivity contribution in [2.45, 2.75) is 38.3 Å². The van der Waals surface area contributed by atoms with Gasteiger partial charge in [0.05, 0.1) is 13.7 Å². The zero-order chi connectivity index (χ0) is 13.7. The molecule has 0 amide bonds. The van der Waals surface area contributed by atoms with Crippen molar-refractivity contribution in [2.24, 2.45) is 0 Å². The average molecular weight is 259 g/mol. The molecular formula is C16H21NO2. The van der Waals surface area contributed by atoms with Crippen LogP contribution in [0.1, 0.15) is 37.8 Å². The highest BCUT2D eigenvalue weighted by Gasteiger charge is 2.23. The third-order valence-corrected chi connectivity index (χ3v) is 3.55. The highest BCUT2D eigenvalue weighted by Crippen LogP contribution is 2.35. The summed E-state index contributed by atoms with van der Waals surface area (Å²) in [5, 5.41) is 3.64. The molecule has 0 bridgehead atoms. The van der Waals surface area contributed by atoms with E-state index in [1.807, 2.05) is 12.1 Å². The number of ether oxygens (including phenoxy) is 2. The predicted molar refractivity (Wildman–Crippen MR) is 76.5 cm³/mol. The maximum Gasteiger partial charge on any atom is 0.124 e. The molecule has 2 rings (SSSR count). The van der Waals surface area contributed by atoms with E-state index in [0.717, 1.165) is 37.4 Å². The Kier molecular flexibility index (Phi) is 4.70. The van der Waals surface area contributed by atoms with E-state index in [1.165, 1.54) is 5.56 Å². The summed E-state index contributed by atoms with van der Waals surface area (Å²) >= 11 is 0. The minimum atomic E-state index is 0.289. The number of nitrogens with one attached hydrogen (secondary N) is 1. The average Bonchev–Trinajstić information content (AvgIpc) is 2.46. The van der Waals surface area contributed by atoms with Crippen LogP contribution >= 0.6 is 0 Å². The molecule has 0 aliphatic carbocycles. The summed E-state index contributed by atoms with van der Waals surface area (Å²) in [6, 6.07) is 6.60. The van der Waals surface area contributed by atoms with Gasteiger partial charge in [-0.1, -0.05) is 6.92 Å². The highest BCUT2D eigenvalue weighted by molar-refractivity contribution is 5.43. The molecule has 1 aliphatic rings. The van der Waals surface area contributed by atoms with Crippen molar-refractivity contribution in [3.63, 3.8) is 0 Å². The van der Waals surface area contributed by atoms with Crippen LogP contribution in [-0.2, 0) is 0 Å². The molecule has 0 radical (unpaired) electrons. The maximum atomic E-state index is 5.69. The largest absolute Gasteiger partial charge is 0.497 e. The monoisotopic (exact) mass is 259 g/mol. The predicted octanol–water partition coefficient (Wildman–Crippen LogP) is 2.91. The summed E-state index contributed by atoms with van der Waals surface area (Å²) in [6.45, 7) is 2.89. The number of terminal acetylenes is 1. The fourth-order valence-corrected chi connectivity index (χ4v) is 2.42. The zero-order valence-corrected chi connectivity index (χ0v) is 11.6. The van der Waals surface area contributed by atoms with Gasteiger partial charge in [0, 0.05) is 30.5 Å². The van der Waals surface area contributed by atoms with Crippen LogP contribution in [0.3, 0.4) is 0 Å². The second kappa shape index (κ2) is 6.49. The molecule has 1 N–H and O–H groups in total. The number of fused-ring (bicyclic) bond motifs is 1. The molecule has 3 nitrogen and oxygen atoms in total. The Labute approximate surface area is 115 Å². The van der Waals surface area contributed by atoms with Gasteiger partial charge in [0.15, 0.2) is 0 Å². The molecular weight excluding hydrogens is 238 g/mol. The van der Waals surface area contributed by atoms with Gasteiger partial charge in [0.25, 0.3) is 0 Å². The maximum absolute atomic E-state index is 5.69. The molecule has 0 fully saturated rings. The van der Waals surface area contributed by atoms with Crippen LogP contribution in [0.25, 0.3) is 0 Å². The Morgan fingerprint density at radius 2 is 2.42 bits per heavy atom. The molecule has 102 valence electrons. The van der Waals surface area contributed by atoms with Gasteiger partial charge in [-0.15, -0.1) is 12.3 Å². The van der Waals surface area contributed by atoms with Crippen LogP contribution in [0.2, 0.25) is 0 Å². The van der Waals surface area contributed by atoms with Crippen molar-refractivity contribution in [3.8, 4) is 23.8 Å². The van der Waals surface area contributed by atoms with Crippen LogP contribution in [-0.4, -0.2) is 19.8 Å². The topological polar surface area (TPSA) is 30.5 Å². The third kappa shape index (κ3) is 3.21. The van der Waals surface area contributed by atoms with Crippen molar-refractivity contribution < 1.29 is 9.47 Å². The van der Waals surface area contributed by atoms with E-state index >= 15 is 0 Å². The molecule has 19 heavy (non-hydrogen) atoms. The number of methoxy groups -OCH3 is 1. The van der Waals surface area contributed by atoms with Gasteiger partial charge in [0.2, 0.25) is 0 Å². The van der Waals surface area contributed by atoms with Crippen LogP contribution in [0, 0.1) is 12.3 Å². The Morgan fingerprint density at radius 1 is 1.58 bits per heavy atom. The second-order valence-electron chi connectivity index (χ2n) is 4.77. The lowest BCUT2D eigenvalue weighted by Gasteiger charge is -2.30. The lowest BCUT2D eigenvalue weighted by Crippen LogP contribution is -2.35. The summed E-state index contributed by atoms with van der Waals surface area (Å²) in [4.78, 5) is 0. The molecule has 0 aromatic heterocycles. The van der Waals surface area contributed by atoms with Crippen LogP contribution in [0.15, 0.2) is 18.2 Å². The Balaban J connectivity index is 2.18. The van der Waals surface area contributed by atoms with Crippen molar-refractivity contribution >= 4 is 0 Å². The van der Waals surface area contributed by atoms with Gasteiger partial charge in [-0.05, 0) is 24.6 Å². The number of hydrogen-bond acceptors (Lipinski definition) is 3. The van der Waals surface area contributed by atoms with Crippen LogP contribution < -0.4 is 14.8 Å². The first-order chi connectivity index (χ1) is 9.28. The number of benzene rings is 1. The number of rotatable bonds is 5. The van der Waals surface area contributed by atoms with E-state index in [4.69, 9.17) is 15.9 Å². The van der Waals surface area contributed by atoms with Crippen molar-refractivity contribution in [3.05, 3.63) is 23.8 Å². The smallest absolute Gasteiger partial charge is 0.124 e. The van der Waals surface area contributed by atoms with Crippen molar-refractivity contribution in [2.75, 3.05) is 13.7 Å². The fraction of sp³-hybridized carbons (Fsp3) is 0.500. The number of hydrogen-bond donors (Lipinski definition) is 1. The summed E-state index contributed by atoms with van der Waals surface area (Å²) in [7, 11) is 1.68. The van der Waals surface area contributed by atoms with E-state index in [0.29, 0.717) is 6.04 Å². The quantitative estimate of drug-likeness (QED) is 0.825. The molecule has 1 aliphatic heterocycles. The molecule has 3 heteroatoms. The third-order valence-electron chi connectivity index (χ3n) is 3.55. The lowest BCUT2D eigenvalue weighted by molar-refractivity contribution is 0.242. The van der Waals surface area contributed by atoms with E-state index in [-0.39, 0.29) is 6.04 Å². The first kappa shape index (κ1) is 13.8. The Morgan fingerprint density at radius 3 is 3.11 bits per heavy atom. The van der Waals surface area contributed by atoms with E-state index in [1.54, 1.807) is 7.11 Å². The highest BCUT2D eigenvalue weighted by atomic mass is 16.5. The molecule has 0 spiro atoms. The minimum Gasteiger partial charge on any atom is -0.497 e. The lowest BCUT2D eigenvalue weighted by atomic mass is 9.98. The van der Waals surface area contributed by atoms with Gasteiger partial charge >= 0.3 is 0 Å². The molecule has 0 saturated carbocycles. The van der Waals surface area contributed by atoms with Crippen molar-refractivity contribution in [1.29, 1.82) is 0 Å². The summed E-state index contributed by atoms with van der Waals surface area (Å²) in [6.07, 6.45) is 8.16. The van der Waals surface area contributed by atoms with Gasteiger partial charge in [-0.25, -0.2) is 0 Å². The van der Waals surface area contributed by atoms with Crippen LogP contribution in [0.4, 0.5) is 0 Å². The fourth-order valence-electron chi connectivity index (χ4n) is 2.42. The Hall–Kier alpha value is -1.66. The summed E-state index contributed by atoms with van der Waals surface area (Å²) in [5.74, 6) is 4.54. The molecule has 1 heterocycles. The zero-order valence-electron chi connectivity index (χ0n) is 11.6. The van der Waals surface area contributed by atoms with E-state index < -0.39 is 0 Å². The standard InChI is InChI=1S/C16H21NO2/c1-4-6-12(5-2)17-15-9-10-19-16-8-7-13(18-3)11-14(15)16/h1,7-8,11-12,15,17H,5-6,9-10H2,2-3H3. The molecule has 2 unspecified atom stereocenters. The normalized spacial score (nSPS) is 18.9. The second-order valence-corrected chi connectivity index (χ2v) is 4.77. The van der Waals surface area contributed by atoms with Crippen LogP contribution in [0.5, 0.6) is 11.5 Å². The molecule has 1 aromatic carbocycles. The van der Waals surface area contributed by atoms with Gasteiger partial charge in [-0.2, -0.15) is 0 Å². The van der Waals surface area contributed by atoms with E-state index in [9.17, 15) is 0 Å². The van der Waals surface area contributed by atoms with Crippen molar-refractivity contribution in [1.82, 2.24) is 5.32 Å². The van der Waals surface area contributed by atoms with Gasteiger partial charge in [-0.3, -0.25) is 0 Å². The summed E-state index contributed by atoms with van der Waals surface area (Å²) in [5.41, 5.74) is 1.17. The SMILES string of the molecule is C#CCC(CC)NC1CCOc2ccc(OC)cc21. The van der Waals surface area contributed by atoms with E-state index in [2.05, 4.69) is 24.2 Å². The molecule has 2 atom stereocenters. The summed E-state index contributed by atoms with van der Waals surface area (Å²) < 4.78 is 11.0. The Bertz CT molecular complexity index is 464. The molecule has 1 aromatic rings. The van der Waals surface area contributed by atoms with Gasteiger partial charge in [0.1, 0.15) is 11.5 Å². The first-order valence-corrected chi connectivity index (χ1v) is 6.78. The first-order valence-electron chi connectivity index (χ1n) is 6.78. The minimum absolute atomic E-state index is 0.289. The molecule has 0 saturated heterocycles.